The van der Waals surface area contributed by atoms with E-state index in [2.05, 4.69) is 0 Å². The van der Waals surface area contributed by atoms with Gasteiger partial charge in [0.1, 0.15) is 6.04 Å². The standard InChI is InChI=1S/C6H14N2O2.Na.H/c7-4-2-1-3-5(8)6(9)10;;/h5H,1-4,7-8H2,(H,9,10);;/t5-;;/m0../s1. The van der Waals surface area contributed by atoms with Gasteiger partial charge in [-0.15, -0.1) is 0 Å². The minimum absolute atomic E-state index is 0. The van der Waals surface area contributed by atoms with Gasteiger partial charge >= 0.3 is 35.5 Å². The van der Waals surface area contributed by atoms with E-state index in [1.807, 2.05) is 0 Å². The molecule has 0 rings (SSSR count). The quantitative estimate of drug-likeness (QED) is 0.360. The number of unbranched alkanes of at least 4 members (excludes halogenated alkanes) is 1. The van der Waals surface area contributed by atoms with Crippen molar-refractivity contribution in [3.8, 4) is 0 Å². The molecule has 0 spiro atoms. The summed E-state index contributed by atoms with van der Waals surface area (Å²) in [4.78, 5) is 10.1. The Morgan fingerprint density at radius 3 is 2.36 bits per heavy atom. The van der Waals surface area contributed by atoms with Crippen LogP contribution in [-0.2, 0) is 4.79 Å². The third-order valence-electron chi connectivity index (χ3n) is 1.29. The molecule has 0 unspecified atom stereocenters. The van der Waals surface area contributed by atoms with Crippen LogP contribution in [0.4, 0.5) is 0 Å². The summed E-state index contributed by atoms with van der Waals surface area (Å²) in [5.41, 5.74) is 10.4. The van der Waals surface area contributed by atoms with Gasteiger partial charge in [-0.25, -0.2) is 0 Å². The Labute approximate surface area is 88.6 Å². The van der Waals surface area contributed by atoms with Crippen molar-refractivity contribution in [3.63, 3.8) is 0 Å². The fourth-order valence-corrected chi connectivity index (χ4v) is 0.632. The molecule has 4 nitrogen and oxygen atoms in total. The molecule has 0 radical (unpaired) electrons. The van der Waals surface area contributed by atoms with Crippen LogP contribution in [0.5, 0.6) is 0 Å². The van der Waals surface area contributed by atoms with Gasteiger partial charge in [-0.05, 0) is 19.4 Å². The van der Waals surface area contributed by atoms with Crippen LogP contribution in [0.2, 0.25) is 0 Å². The first kappa shape index (κ1) is 13.9. The molecule has 0 aromatic carbocycles. The fraction of sp³-hybridized carbons (Fsp3) is 0.833. The van der Waals surface area contributed by atoms with Crippen LogP contribution in [0, 0.1) is 0 Å². The number of aliphatic carboxylic acids is 1. The van der Waals surface area contributed by atoms with Gasteiger partial charge in [0.15, 0.2) is 0 Å². The molecule has 11 heavy (non-hydrogen) atoms. The van der Waals surface area contributed by atoms with Crippen molar-refractivity contribution < 1.29 is 9.90 Å². The molecule has 0 aliphatic heterocycles. The molecular formula is C6H15N2NaO2. The minimum atomic E-state index is -0.933. The number of carboxylic acid groups (broad SMARTS) is 1. The van der Waals surface area contributed by atoms with E-state index in [0.29, 0.717) is 13.0 Å². The van der Waals surface area contributed by atoms with Crippen LogP contribution in [0.15, 0.2) is 0 Å². The Morgan fingerprint density at radius 1 is 1.45 bits per heavy atom. The molecule has 0 bridgehead atoms. The van der Waals surface area contributed by atoms with E-state index in [1.54, 1.807) is 0 Å². The van der Waals surface area contributed by atoms with E-state index >= 15 is 0 Å². The number of carbonyl (C=O) groups is 1. The second kappa shape index (κ2) is 8.49. The summed E-state index contributed by atoms with van der Waals surface area (Å²) in [5, 5.41) is 8.33. The van der Waals surface area contributed by atoms with Crippen molar-refractivity contribution in [3.05, 3.63) is 0 Å². The zero-order valence-electron chi connectivity index (χ0n) is 5.92. The van der Waals surface area contributed by atoms with Crippen molar-refractivity contribution in [2.75, 3.05) is 6.54 Å². The van der Waals surface area contributed by atoms with Gasteiger partial charge < -0.3 is 16.6 Å². The Bertz CT molecular complexity index is 111. The predicted molar refractivity (Wildman–Crippen MR) is 45.7 cm³/mol. The van der Waals surface area contributed by atoms with E-state index in [4.69, 9.17) is 16.6 Å². The summed E-state index contributed by atoms with van der Waals surface area (Å²) in [7, 11) is 0. The van der Waals surface area contributed by atoms with E-state index < -0.39 is 12.0 Å². The second-order valence-electron chi connectivity index (χ2n) is 2.23. The van der Waals surface area contributed by atoms with E-state index in [1.165, 1.54) is 0 Å². The van der Waals surface area contributed by atoms with Gasteiger partial charge in [-0.3, -0.25) is 4.79 Å². The summed E-state index contributed by atoms with van der Waals surface area (Å²) >= 11 is 0. The molecule has 5 heteroatoms. The van der Waals surface area contributed by atoms with Crippen LogP contribution >= 0.6 is 0 Å². The molecule has 0 amide bonds. The molecule has 0 aliphatic carbocycles. The summed E-state index contributed by atoms with van der Waals surface area (Å²) in [6, 6.07) is -0.716. The van der Waals surface area contributed by atoms with Crippen LogP contribution < -0.4 is 11.5 Å². The Balaban J connectivity index is 0. The van der Waals surface area contributed by atoms with Crippen molar-refractivity contribution >= 4 is 35.5 Å². The van der Waals surface area contributed by atoms with Crippen LogP contribution in [0.25, 0.3) is 0 Å². The molecule has 0 aromatic rings. The van der Waals surface area contributed by atoms with Gasteiger partial charge in [-0.1, -0.05) is 6.42 Å². The topological polar surface area (TPSA) is 89.3 Å². The summed E-state index contributed by atoms with van der Waals surface area (Å²) < 4.78 is 0. The van der Waals surface area contributed by atoms with Crippen molar-refractivity contribution in [2.45, 2.75) is 25.3 Å². The molecule has 0 saturated carbocycles. The zero-order valence-corrected chi connectivity index (χ0v) is 5.92. The summed E-state index contributed by atoms with van der Waals surface area (Å²) in [6.45, 7) is 0.604. The zero-order chi connectivity index (χ0) is 7.98. The summed E-state index contributed by atoms with van der Waals surface area (Å²) in [5.74, 6) is -0.933. The molecule has 5 N–H and O–H groups in total. The number of hydrogen-bond acceptors (Lipinski definition) is 3. The fourth-order valence-electron chi connectivity index (χ4n) is 0.632. The van der Waals surface area contributed by atoms with Crippen molar-refractivity contribution in [1.29, 1.82) is 0 Å². The van der Waals surface area contributed by atoms with Gasteiger partial charge in [0.2, 0.25) is 0 Å². The van der Waals surface area contributed by atoms with Crippen molar-refractivity contribution in [1.82, 2.24) is 0 Å². The predicted octanol–water partition coefficient (Wildman–Crippen LogP) is -1.12. The van der Waals surface area contributed by atoms with Crippen LogP contribution in [0.3, 0.4) is 0 Å². The van der Waals surface area contributed by atoms with Crippen LogP contribution in [-0.4, -0.2) is 53.2 Å². The normalized spacial score (nSPS) is 11.8. The number of carboxylic acids is 1. The SMILES string of the molecule is NCCCC[C@H](N)C(=O)O.[NaH]. The molecule has 0 aliphatic rings. The maximum atomic E-state index is 10.1. The number of hydrogen-bond donors (Lipinski definition) is 3. The van der Waals surface area contributed by atoms with Gasteiger partial charge in [0, 0.05) is 0 Å². The second-order valence-corrected chi connectivity index (χ2v) is 2.23. The Kier molecular flexibility index (Phi) is 10.8. The first-order valence-corrected chi connectivity index (χ1v) is 3.37. The molecule has 0 heterocycles. The molecule has 0 aromatic heterocycles. The van der Waals surface area contributed by atoms with E-state index in [-0.39, 0.29) is 29.6 Å². The third-order valence-corrected chi connectivity index (χ3v) is 1.29. The van der Waals surface area contributed by atoms with Crippen molar-refractivity contribution in [2.24, 2.45) is 11.5 Å². The van der Waals surface area contributed by atoms with Gasteiger partial charge in [0.25, 0.3) is 0 Å². The Morgan fingerprint density at radius 2 is 2.00 bits per heavy atom. The first-order valence-electron chi connectivity index (χ1n) is 3.37. The van der Waals surface area contributed by atoms with Crippen LogP contribution in [0.1, 0.15) is 19.3 Å². The average Bonchev–Trinajstić information content (AvgIpc) is 1.88. The average molecular weight is 170 g/mol. The molecule has 0 saturated heterocycles. The van der Waals surface area contributed by atoms with Gasteiger partial charge in [-0.2, -0.15) is 0 Å². The summed E-state index contributed by atoms with van der Waals surface area (Å²) in [6.07, 6.45) is 2.16. The Hall–Kier alpha value is 0.390. The molecule has 0 fully saturated rings. The molecule has 1 atom stereocenters. The first-order chi connectivity index (χ1) is 4.68. The molecule has 62 valence electrons. The van der Waals surface area contributed by atoms with E-state index in [9.17, 15) is 4.79 Å². The van der Waals surface area contributed by atoms with Gasteiger partial charge in [0.05, 0.1) is 0 Å². The number of nitrogens with two attached hydrogens (primary N) is 2. The monoisotopic (exact) mass is 170 g/mol. The van der Waals surface area contributed by atoms with E-state index in [0.717, 1.165) is 12.8 Å². The molecular weight excluding hydrogens is 155 g/mol. The maximum absolute atomic E-state index is 10.1. The third kappa shape index (κ3) is 8.29. The number of rotatable bonds is 5.